The number of anilines is 1. The van der Waals surface area contributed by atoms with E-state index in [1.807, 2.05) is 68.4 Å². The van der Waals surface area contributed by atoms with Crippen molar-refractivity contribution >= 4 is 27.5 Å². The Morgan fingerprint density at radius 1 is 0.780 bits per heavy atom. The largest absolute Gasteiger partial charge is 0.357 e. The Bertz CT molecular complexity index is 1570. The Morgan fingerprint density at radius 3 is 1.98 bits per heavy atom. The summed E-state index contributed by atoms with van der Waals surface area (Å²) >= 11 is 0. The summed E-state index contributed by atoms with van der Waals surface area (Å²) in [5.74, 6) is -0.818. The van der Waals surface area contributed by atoms with Crippen LogP contribution in [-0.4, -0.2) is 44.8 Å². The molecule has 0 bridgehead atoms. The van der Waals surface area contributed by atoms with Crippen molar-refractivity contribution in [1.82, 2.24) is 10.2 Å². The Balaban J connectivity index is 1.78. The molecule has 1 N–H and O–H groups in total. The Kier molecular flexibility index (Phi) is 9.57. The van der Waals surface area contributed by atoms with Crippen LogP contribution < -0.4 is 9.62 Å². The molecule has 0 spiro atoms. The molecule has 41 heavy (non-hydrogen) atoms. The van der Waals surface area contributed by atoms with E-state index in [9.17, 15) is 18.0 Å². The minimum Gasteiger partial charge on any atom is -0.357 e. The second-order valence-corrected chi connectivity index (χ2v) is 11.8. The van der Waals surface area contributed by atoms with E-state index in [0.29, 0.717) is 5.69 Å². The zero-order valence-corrected chi connectivity index (χ0v) is 24.3. The van der Waals surface area contributed by atoms with Gasteiger partial charge >= 0.3 is 0 Å². The molecule has 0 saturated heterocycles. The third-order valence-electron chi connectivity index (χ3n) is 7.05. The van der Waals surface area contributed by atoms with Gasteiger partial charge in [-0.3, -0.25) is 13.9 Å². The Hall–Kier alpha value is -4.43. The normalized spacial score (nSPS) is 11.9. The van der Waals surface area contributed by atoms with Gasteiger partial charge in [-0.25, -0.2) is 8.42 Å². The molecule has 0 fully saturated rings. The van der Waals surface area contributed by atoms with Crippen molar-refractivity contribution in [1.29, 1.82) is 0 Å². The molecule has 0 aliphatic carbocycles. The maximum atomic E-state index is 14.3. The average Bonchev–Trinajstić information content (AvgIpc) is 2.99. The highest BCUT2D eigenvalue weighted by atomic mass is 32.2. The lowest BCUT2D eigenvalue weighted by Gasteiger charge is -2.34. The molecule has 0 saturated carbocycles. The second-order valence-electron chi connectivity index (χ2n) is 9.93. The average molecular weight is 570 g/mol. The molecule has 212 valence electrons. The number of likely N-dealkylation sites (N-methyl/N-ethyl adjacent to an activating group) is 1. The third-order valence-corrected chi connectivity index (χ3v) is 8.84. The van der Waals surface area contributed by atoms with Crippen LogP contribution in [0.4, 0.5) is 5.69 Å². The molecule has 0 unspecified atom stereocenters. The van der Waals surface area contributed by atoms with Crippen molar-refractivity contribution in [2.45, 2.75) is 37.8 Å². The monoisotopic (exact) mass is 569 g/mol. The minimum absolute atomic E-state index is 0.0750. The first kappa shape index (κ1) is 29.6. The number of benzene rings is 4. The molecule has 0 radical (unpaired) electrons. The van der Waals surface area contributed by atoms with Crippen LogP contribution in [0.3, 0.4) is 0 Å². The van der Waals surface area contributed by atoms with Gasteiger partial charge in [-0.2, -0.15) is 0 Å². The fourth-order valence-corrected chi connectivity index (χ4v) is 6.09. The highest BCUT2D eigenvalue weighted by Crippen LogP contribution is 2.25. The molecule has 7 nitrogen and oxygen atoms in total. The molecule has 4 aromatic carbocycles. The molecule has 0 heterocycles. The van der Waals surface area contributed by atoms with Crippen LogP contribution in [-0.2, 0) is 32.6 Å². The van der Waals surface area contributed by atoms with Gasteiger partial charge in [0.1, 0.15) is 12.6 Å². The number of amides is 2. The van der Waals surface area contributed by atoms with Gasteiger partial charge in [0.25, 0.3) is 10.0 Å². The molecule has 1 atom stereocenters. The van der Waals surface area contributed by atoms with Gasteiger partial charge in [-0.15, -0.1) is 0 Å². The number of sulfonamides is 1. The van der Waals surface area contributed by atoms with E-state index in [1.54, 1.807) is 42.5 Å². The van der Waals surface area contributed by atoms with Crippen molar-refractivity contribution in [3.05, 3.63) is 131 Å². The molecular weight excluding hydrogens is 534 g/mol. The summed E-state index contributed by atoms with van der Waals surface area (Å²) < 4.78 is 29.0. The molecule has 0 aromatic heterocycles. The van der Waals surface area contributed by atoms with E-state index in [-0.39, 0.29) is 23.8 Å². The van der Waals surface area contributed by atoms with Crippen molar-refractivity contribution in [3.8, 4) is 0 Å². The topological polar surface area (TPSA) is 86.8 Å². The summed E-state index contributed by atoms with van der Waals surface area (Å²) in [6.45, 7) is 3.52. The molecule has 0 aliphatic rings. The number of carbonyl (C=O) groups is 2. The predicted molar refractivity (Wildman–Crippen MR) is 162 cm³/mol. The lowest BCUT2D eigenvalue weighted by molar-refractivity contribution is -0.139. The van der Waals surface area contributed by atoms with Crippen LogP contribution in [0.5, 0.6) is 0 Å². The van der Waals surface area contributed by atoms with Gasteiger partial charge in [-0.05, 0) is 54.8 Å². The van der Waals surface area contributed by atoms with Crippen LogP contribution in [0.1, 0.15) is 22.3 Å². The van der Waals surface area contributed by atoms with E-state index in [4.69, 9.17) is 0 Å². The third kappa shape index (κ3) is 7.21. The first-order valence-electron chi connectivity index (χ1n) is 13.4. The van der Waals surface area contributed by atoms with Gasteiger partial charge in [0.2, 0.25) is 11.8 Å². The lowest BCUT2D eigenvalue weighted by atomic mass is 10.0. The fraction of sp³-hybridized carbons (Fsp3) is 0.212. The van der Waals surface area contributed by atoms with E-state index < -0.39 is 28.5 Å². The van der Waals surface area contributed by atoms with E-state index in [2.05, 4.69) is 5.32 Å². The number of aryl methyl sites for hydroxylation is 2. The SMILES string of the molecule is CNC(=O)[C@H](Cc1ccccc1)N(Cc1ccccc1C)C(=O)CN(c1ccc(C)cc1)S(=O)(=O)c1ccccc1. The minimum atomic E-state index is -4.10. The maximum absolute atomic E-state index is 14.3. The summed E-state index contributed by atoms with van der Waals surface area (Å²) in [6, 6.07) is 31.3. The zero-order valence-electron chi connectivity index (χ0n) is 23.5. The van der Waals surface area contributed by atoms with Gasteiger partial charge in [-0.1, -0.05) is 90.5 Å². The molecule has 4 rings (SSSR count). The van der Waals surface area contributed by atoms with Crippen LogP contribution >= 0.6 is 0 Å². The quantitative estimate of drug-likeness (QED) is 0.279. The van der Waals surface area contributed by atoms with Gasteiger partial charge < -0.3 is 10.2 Å². The van der Waals surface area contributed by atoms with Gasteiger partial charge in [0.15, 0.2) is 0 Å². The second kappa shape index (κ2) is 13.3. The van der Waals surface area contributed by atoms with Crippen molar-refractivity contribution in [3.63, 3.8) is 0 Å². The fourth-order valence-electron chi connectivity index (χ4n) is 4.65. The van der Waals surface area contributed by atoms with E-state index >= 15 is 0 Å². The Labute approximate surface area is 242 Å². The summed E-state index contributed by atoms with van der Waals surface area (Å²) in [5.41, 5.74) is 4.05. The maximum Gasteiger partial charge on any atom is 0.264 e. The predicted octanol–water partition coefficient (Wildman–Crippen LogP) is 4.88. The molecule has 8 heteroatoms. The van der Waals surface area contributed by atoms with Crippen molar-refractivity contribution < 1.29 is 18.0 Å². The summed E-state index contributed by atoms with van der Waals surface area (Å²) in [4.78, 5) is 29.2. The van der Waals surface area contributed by atoms with E-state index in [1.165, 1.54) is 24.1 Å². The van der Waals surface area contributed by atoms with Gasteiger partial charge in [0.05, 0.1) is 10.6 Å². The van der Waals surface area contributed by atoms with Gasteiger partial charge in [0, 0.05) is 20.0 Å². The number of hydrogen-bond acceptors (Lipinski definition) is 4. The van der Waals surface area contributed by atoms with Crippen LogP contribution in [0.2, 0.25) is 0 Å². The summed E-state index contributed by atoms with van der Waals surface area (Å²) in [5, 5.41) is 2.70. The molecule has 2 amide bonds. The summed E-state index contributed by atoms with van der Waals surface area (Å²) in [6.07, 6.45) is 0.272. The van der Waals surface area contributed by atoms with Crippen LogP contribution in [0, 0.1) is 13.8 Å². The van der Waals surface area contributed by atoms with Crippen LogP contribution in [0.15, 0.2) is 114 Å². The lowest BCUT2D eigenvalue weighted by Crippen LogP contribution is -2.53. The molecular formula is C33H35N3O4S. The number of rotatable bonds is 11. The summed E-state index contributed by atoms with van der Waals surface area (Å²) in [7, 11) is -2.56. The Morgan fingerprint density at radius 2 is 1.37 bits per heavy atom. The van der Waals surface area contributed by atoms with E-state index in [0.717, 1.165) is 26.6 Å². The highest BCUT2D eigenvalue weighted by Gasteiger charge is 2.34. The van der Waals surface area contributed by atoms with Crippen molar-refractivity contribution in [2.24, 2.45) is 0 Å². The molecule has 0 aliphatic heterocycles. The van der Waals surface area contributed by atoms with Crippen LogP contribution in [0.25, 0.3) is 0 Å². The molecule has 4 aromatic rings. The first-order chi connectivity index (χ1) is 19.7. The number of hydrogen-bond donors (Lipinski definition) is 1. The number of nitrogens with one attached hydrogen (secondary N) is 1. The smallest absolute Gasteiger partial charge is 0.264 e. The van der Waals surface area contributed by atoms with Crippen molar-refractivity contribution in [2.75, 3.05) is 17.9 Å². The zero-order chi connectivity index (χ0) is 29.4. The highest BCUT2D eigenvalue weighted by molar-refractivity contribution is 7.92. The standard InChI is InChI=1S/C33H35N3O4S/c1-25-18-20-29(21-19-25)36(41(39,40)30-16-8-5-9-17-30)24-32(37)35(23-28-15-11-10-12-26(28)2)31(33(38)34-3)22-27-13-6-4-7-14-27/h4-21,31H,22-24H2,1-3H3,(H,34,38)/t31-/m0/s1. The number of carbonyl (C=O) groups excluding carboxylic acids is 2. The first-order valence-corrected chi connectivity index (χ1v) is 14.9. The number of nitrogens with zero attached hydrogens (tertiary/aromatic N) is 2.